The van der Waals surface area contributed by atoms with Crippen molar-refractivity contribution in [2.24, 2.45) is 0 Å². The maximum atomic E-state index is 5.61. The highest BCUT2D eigenvalue weighted by atomic mass is 16.5. The lowest BCUT2D eigenvalue weighted by Gasteiger charge is -2.27. The molecule has 96 valence electrons. The number of anilines is 1. The molecule has 2 aromatic heterocycles. The van der Waals surface area contributed by atoms with E-state index < -0.39 is 0 Å². The van der Waals surface area contributed by atoms with Gasteiger partial charge in [-0.15, -0.1) is 5.10 Å². The molecule has 0 saturated carbocycles. The van der Waals surface area contributed by atoms with Crippen molar-refractivity contribution in [1.29, 1.82) is 0 Å². The van der Waals surface area contributed by atoms with Crippen LogP contribution >= 0.6 is 0 Å². The first-order valence-corrected chi connectivity index (χ1v) is 6.31. The van der Waals surface area contributed by atoms with Crippen LogP contribution in [0.5, 0.6) is 0 Å². The van der Waals surface area contributed by atoms with E-state index in [0.717, 1.165) is 24.4 Å². The van der Waals surface area contributed by atoms with Crippen molar-refractivity contribution in [3.05, 3.63) is 23.9 Å². The van der Waals surface area contributed by atoms with E-state index in [-0.39, 0.29) is 11.6 Å². The third-order valence-electron chi connectivity index (χ3n) is 3.83. The summed E-state index contributed by atoms with van der Waals surface area (Å²) in [6, 6.07) is 5.97. The number of nitrogens with zero attached hydrogens (tertiary/aromatic N) is 3. The van der Waals surface area contributed by atoms with Crippen molar-refractivity contribution in [1.82, 2.24) is 14.6 Å². The number of pyridine rings is 1. The van der Waals surface area contributed by atoms with Crippen molar-refractivity contribution in [2.75, 3.05) is 11.9 Å². The summed E-state index contributed by atoms with van der Waals surface area (Å²) in [5, 5.41) is 7.91. The van der Waals surface area contributed by atoms with Crippen molar-refractivity contribution in [3.8, 4) is 0 Å². The molecule has 0 amide bonds. The summed E-state index contributed by atoms with van der Waals surface area (Å²) in [5.41, 5.74) is 1.86. The van der Waals surface area contributed by atoms with Crippen LogP contribution in [-0.2, 0) is 4.74 Å². The van der Waals surface area contributed by atoms with Crippen molar-refractivity contribution < 1.29 is 4.74 Å². The zero-order valence-electron chi connectivity index (χ0n) is 11.0. The molecule has 0 aromatic carbocycles. The summed E-state index contributed by atoms with van der Waals surface area (Å²) in [6.45, 7) is 7.05. The molecule has 0 spiro atoms. The van der Waals surface area contributed by atoms with Crippen LogP contribution in [0, 0.1) is 6.92 Å². The number of aromatic nitrogens is 3. The minimum atomic E-state index is -0.0845. The fourth-order valence-electron chi connectivity index (χ4n) is 2.34. The van der Waals surface area contributed by atoms with E-state index in [2.05, 4.69) is 29.2 Å². The van der Waals surface area contributed by atoms with Gasteiger partial charge in [0.25, 0.3) is 0 Å². The number of hydrogen-bond acceptors (Lipinski definition) is 4. The highest BCUT2D eigenvalue weighted by Gasteiger charge is 2.37. The molecule has 5 heteroatoms. The van der Waals surface area contributed by atoms with Gasteiger partial charge in [0.15, 0.2) is 5.65 Å². The van der Waals surface area contributed by atoms with E-state index in [1.807, 2.05) is 29.6 Å². The Morgan fingerprint density at radius 1 is 1.50 bits per heavy atom. The Kier molecular flexibility index (Phi) is 2.52. The minimum absolute atomic E-state index is 0.0845. The molecule has 3 heterocycles. The minimum Gasteiger partial charge on any atom is -0.376 e. The summed E-state index contributed by atoms with van der Waals surface area (Å²) in [7, 11) is 0. The first kappa shape index (κ1) is 11.5. The largest absolute Gasteiger partial charge is 0.376 e. The molecule has 2 unspecified atom stereocenters. The Bertz CT molecular complexity index is 579. The summed E-state index contributed by atoms with van der Waals surface area (Å²) in [4.78, 5) is 4.50. The standard InChI is InChI=1S/C13H18N4O/c1-9-5-4-6-11-14-12(16-17(9)11)15-13(3)7-8-18-10(13)2/h4-6,10H,7-8H2,1-3H3,(H,15,16). The van der Waals surface area contributed by atoms with Gasteiger partial charge in [-0.3, -0.25) is 0 Å². The topological polar surface area (TPSA) is 51.5 Å². The number of hydrogen-bond donors (Lipinski definition) is 1. The zero-order chi connectivity index (χ0) is 12.8. The maximum Gasteiger partial charge on any atom is 0.243 e. The van der Waals surface area contributed by atoms with Crippen molar-refractivity contribution >= 4 is 11.6 Å². The quantitative estimate of drug-likeness (QED) is 0.880. The summed E-state index contributed by atoms with van der Waals surface area (Å²) in [6.07, 6.45) is 1.15. The Labute approximate surface area is 106 Å². The molecular weight excluding hydrogens is 228 g/mol. The molecule has 1 aliphatic heterocycles. The van der Waals surface area contributed by atoms with Gasteiger partial charge in [-0.1, -0.05) is 6.07 Å². The molecule has 18 heavy (non-hydrogen) atoms. The number of nitrogens with one attached hydrogen (secondary N) is 1. The van der Waals surface area contributed by atoms with Gasteiger partial charge in [-0.05, 0) is 39.3 Å². The Hall–Kier alpha value is -1.62. The summed E-state index contributed by atoms with van der Waals surface area (Å²) in [5.74, 6) is 0.671. The van der Waals surface area contributed by atoms with Gasteiger partial charge in [-0.2, -0.15) is 4.98 Å². The van der Waals surface area contributed by atoms with Crippen LogP contribution in [0.2, 0.25) is 0 Å². The Morgan fingerprint density at radius 2 is 2.33 bits per heavy atom. The number of aryl methyl sites for hydroxylation is 1. The molecule has 0 aliphatic carbocycles. The van der Waals surface area contributed by atoms with Crippen LogP contribution in [0.4, 0.5) is 5.95 Å². The van der Waals surface area contributed by atoms with Crippen LogP contribution in [0.25, 0.3) is 5.65 Å². The third-order valence-corrected chi connectivity index (χ3v) is 3.83. The Morgan fingerprint density at radius 3 is 3.00 bits per heavy atom. The summed E-state index contributed by atoms with van der Waals surface area (Å²) < 4.78 is 7.47. The Balaban J connectivity index is 1.93. The molecule has 1 aliphatic rings. The van der Waals surface area contributed by atoms with E-state index >= 15 is 0 Å². The van der Waals surface area contributed by atoms with E-state index in [1.54, 1.807) is 0 Å². The first-order valence-electron chi connectivity index (χ1n) is 6.31. The van der Waals surface area contributed by atoms with Crippen molar-refractivity contribution in [3.63, 3.8) is 0 Å². The molecule has 1 saturated heterocycles. The van der Waals surface area contributed by atoms with Gasteiger partial charge in [0.05, 0.1) is 11.6 Å². The van der Waals surface area contributed by atoms with E-state index in [0.29, 0.717) is 5.95 Å². The highest BCUT2D eigenvalue weighted by molar-refractivity contribution is 5.45. The van der Waals surface area contributed by atoms with E-state index in [9.17, 15) is 0 Å². The lowest BCUT2D eigenvalue weighted by Crippen LogP contribution is -2.41. The fourth-order valence-corrected chi connectivity index (χ4v) is 2.34. The molecule has 5 nitrogen and oxygen atoms in total. The van der Waals surface area contributed by atoms with Crippen LogP contribution < -0.4 is 5.32 Å². The number of rotatable bonds is 2. The van der Waals surface area contributed by atoms with Crippen LogP contribution in [0.1, 0.15) is 26.0 Å². The SMILES string of the molecule is Cc1cccc2nc(NC3(C)CCOC3C)nn12. The normalized spacial score (nSPS) is 27.8. The number of ether oxygens (including phenoxy) is 1. The molecule has 0 radical (unpaired) electrons. The van der Waals surface area contributed by atoms with Crippen molar-refractivity contribution in [2.45, 2.75) is 38.8 Å². The predicted octanol–water partition coefficient (Wildman–Crippen LogP) is 2.02. The molecule has 1 N–H and O–H groups in total. The van der Waals surface area contributed by atoms with Gasteiger partial charge in [0, 0.05) is 12.3 Å². The smallest absolute Gasteiger partial charge is 0.243 e. The van der Waals surface area contributed by atoms with E-state index in [1.165, 1.54) is 0 Å². The van der Waals surface area contributed by atoms with Gasteiger partial charge in [0.2, 0.25) is 5.95 Å². The lowest BCUT2D eigenvalue weighted by molar-refractivity contribution is 0.105. The fraction of sp³-hybridized carbons (Fsp3) is 0.538. The van der Waals surface area contributed by atoms with Gasteiger partial charge < -0.3 is 10.1 Å². The lowest BCUT2D eigenvalue weighted by atomic mass is 9.95. The molecule has 3 rings (SSSR count). The maximum absolute atomic E-state index is 5.61. The predicted molar refractivity (Wildman–Crippen MR) is 69.8 cm³/mol. The third kappa shape index (κ3) is 1.75. The van der Waals surface area contributed by atoms with Gasteiger partial charge in [0.1, 0.15) is 0 Å². The van der Waals surface area contributed by atoms with Crippen LogP contribution in [-0.4, -0.2) is 32.8 Å². The second kappa shape index (κ2) is 3.95. The molecular formula is C13H18N4O. The van der Waals surface area contributed by atoms with Crippen LogP contribution in [0.3, 0.4) is 0 Å². The van der Waals surface area contributed by atoms with Gasteiger partial charge >= 0.3 is 0 Å². The molecule has 2 aromatic rings. The molecule has 2 atom stereocenters. The van der Waals surface area contributed by atoms with E-state index in [4.69, 9.17) is 4.74 Å². The number of fused-ring (bicyclic) bond motifs is 1. The molecule has 0 bridgehead atoms. The average Bonchev–Trinajstić information content (AvgIpc) is 2.85. The van der Waals surface area contributed by atoms with Gasteiger partial charge in [-0.25, -0.2) is 4.52 Å². The monoisotopic (exact) mass is 246 g/mol. The summed E-state index contributed by atoms with van der Waals surface area (Å²) >= 11 is 0. The zero-order valence-corrected chi connectivity index (χ0v) is 11.0. The second-order valence-corrected chi connectivity index (χ2v) is 5.18. The average molecular weight is 246 g/mol. The highest BCUT2D eigenvalue weighted by Crippen LogP contribution is 2.28. The molecule has 1 fully saturated rings. The van der Waals surface area contributed by atoms with Crippen LogP contribution in [0.15, 0.2) is 18.2 Å². The first-order chi connectivity index (χ1) is 8.58. The second-order valence-electron chi connectivity index (χ2n) is 5.18.